The molecule has 0 spiro atoms. The van der Waals surface area contributed by atoms with Gasteiger partial charge in [-0.15, -0.1) is 0 Å². The summed E-state index contributed by atoms with van der Waals surface area (Å²) in [4.78, 5) is 0. The molecular weight excluding hydrogens is 212 g/mol. The van der Waals surface area contributed by atoms with Crippen LogP contribution in [-0.4, -0.2) is 19.3 Å². The molecule has 0 aliphatic heterocycles. The smallest absolute Gasteiger partial charge is 0.122 e. The van der Waals surface area contributed by atoms with Crippen LogP contribution in [-0.2, 0) is 11.2 Å². The standard InChI is InChI=1S/C15H24O2/c1-12(2)11-14-7-5-6-8-15(14)17-10-9-16-13(3)4/h5-8,12-13H,9-11H2,1-4H3. The van der Waals surface area contributed by atoms with E-state index in [1.165, 1.54) is 5.56 Å². The minimum Gasteiger partial charge on any atom is -0.491 e. The van der Waals surface area contributed by atoms with Crippen LogP contribution >= 0.6 is 0 Å². The van der Waals surface area contributed by atoms with Crippen LogP contribution < -0.4 is 4.74 Å². The fourth-order valence-electron chi connectivity index (χ4n) is 1.69. The Morgan fingerprint density at radius 1 is 1.00 bits per heavy atom. The van der Waals surface area contributed by atoms with Crippen LogP contribution in [0.15, 0.2) is 24.3 Å². The first kappa shape index (κ1) is 14.0. The first-order valence-corrected chi connectivity index (χ1v) is 6.42. The van der Waals surface area contributed by atoms with Crippen LogP contribution in [0.1, 0.15) is 33.3 Å². The Morgan fingerprint density at radius 3 is 2.35 bits per heavy atom. The Hall–Kier alpha value is -1.02. The molecule has 0 bridgehead atoms. The second-order valence-electron chi connectivity index (χ2n) is 4.97. The molecule has 0 aromatic heterocycles. The van der Waals surface area contributed by atoms with Crippen molar-refractivity contribution in [1.82, 2.24) is 0 Å². The monoisotopic (exact) mass is 236 g/mol. The SMILES string of the molecule is CC(C)Cc1ccccc1OCCOC(C)C. The van der Waals surface area contributed by atoms with Crippen LogP contribution in [0.5, 0.6) is 5.75 Å². The predicted molar refractivity (Wildman–Crippen MR) is 71.6 cm³/mol. The molecule has 0 aliphatic rings. The minimum atomic E-state index is 0.268. The third-order valence-electron chi connectivity index (χ3n) is 2.39. The van der Waals surface area contributed by atoms with E-state index in [9.17, 15) is 0 Å². The molecule has 1 aromatic rings. The van der Waals surface area contributed by atoms with Gasteiger partial charge in [-0.25, -0.2) is 0 Å². The summed E-state index contributed by atoms with van der Waals surface area (Å²) in [5.41, 5.74) is 1.28. The molecule has 0 N–H and O–H groups in total. The lowest BCUT2D eigenvalue weighted by molar-refractivity contribution is 0.0550. The highest BCUT2D eigenvalue weighted by atomic mass is 16.5. The maximum Gasteiger partial charge on any atom is 0.122 e. The number of para-hydroxylation sites is 1. The molecule has 0 amide bonds. The van der Waals surface area contributed by atoms with E-state index in [1.54, 1.807) is 0 Å². The van der Waals surface area contributed by atoms with Gasteiger partial charge in [-0.1, -0.05) is 32.0 Å². The van der Waals surface area contributed by atoms with Gasteiger partial charge in [0.25, 0.3) is 0 Å². The molecule has 2 nitrogen and oxygen atoms in total. The highest BCUT2D eigenvalue weighted by Gasteiger charge is 2.05. The van der Waals surface area contributed by atoms with Crippen molar-refractivity contribution in [2.45, 2.75) is 40.2 Å². The topological polar surface area (TPSA) is 18.5 Å². The van der Waals surface area contributed by atoms with E-state index in [2.05, 4.69) is 26.0 Å². The lowest BCUT2D eigenvalue weighted by atomic mass is 10.0. The van der Waals surface area contributed by atoms with Crippen LogP contribution in [0.2, 0.25) is 0 Å². The van der Waals surface area contributed by atoms with Gasteiger partial charge in [-0.3, -0.25) is 0 Å². The maximum atomic E-state index is 5.76. The van der Waals surface area contributed by atoms with Gasteiger partial charge in [0, 0.05) is 0 Å². The largest absolute Gasteiger partial charge is 0.491 e. The third-order valence-corrected chi connectivity index (χ3v) is 2.39. The van der Waals surface area contributed by atoms with Crippen molar-refractivity contribution in [2.75, 3.05) is 13.2 Å². The van der Waals surface area contributed by atoms with E-state index in [4.69, 9.17) is 9.47 Å². The van der Waals surface area contributed by atoms with Crippen molar-refractivity contribution in [3.8, 4) is 5.75 Å². The Bertz CT molecular complexity index is 318. The van der Waals surface area contributed by atoms with Gasteiger partial charge in [0.2, 0.25) is 0 Å². The summed E-state index contributed by atoms with van der Waals surface area (Å²) in [6.07, 6.45) is 1.32. The van der Waals surface area contributed by atoms with E-state index in [0.717, 1.165) is 12.2 Å². The Labute approximate surface area is 105 Å². The summed E-state index contributed by atoms with van der Waals surface area (Å²) < 4.78 is 11.2. The molecule has 0 radical (unpaired) electrons. The van der Waals surface area contributed by atoms with Crippen molar-refractivity contribution >= 4 is 0 Å². The molecule has 1 aromatic carbocycles. The molecule has 0 unspecified atom stereocenters. The van der Waals surface area contributed by atoms with Crippen LogP contribution in [0.25, 0.3) is 0 Å². The zero-order valence-electron chi connectivity index (χ0n) is 11.4. The van der Waals surface area contributed by atoms with Crippen molar-refractivity contribution in [3.63, 3.8) is 0 Å². The highest BCUT2D eigenvalue weighted by molar-refractivity contribution is 5.33. The minimum absolute atomic E-state index is 0.268. The highest BCUT2D eigenvalue weighted by Crippen LogP contribution is 2.21. The van der Waals surface area contributed by atoms with E-state index in [0.29, 0.717) is 19.1 Å². The van der Waals surface area contributed by atoms with Gasteiger partial charge in [0.05, 0.1) is 12.7 Å². The average Bonchev–Trinajstić information content (AvgIpc) is 2.25. The van der Waals surface area contributed by atoms with E-state index in [-0.39, 0.29) is 6.10 Å². The second-order valence-corrected chi connectivity index (χ2v) is 4.97. The summed E-state index contributed by atoms with van der Waals surface area (Å²) in [6, 6.07) is 8.25. The Balaban J connectivity index is 2.46. The lowest BCUT2D eigenvalue weighted by Crippen LogP contribution is -2.12. The summed E-state index contributed by atoms with van der Waals surface area (Å²) in [7, 11) is 0. The summed E-state index contributed by atoms with van der Waals surface area (Å²) in [5, 5.41) is 0. The predicted octanol–water partition coefficient (Wildman–Crippen LogP) is 3.69. The lowest BCUT2D eigenvalue weighted by Gasteiger charge is -2.13. The molecule has 0 saturated heterocycles. The Kier molecular flexibility index (Phi) is 6.06. The fourth-order valence-corrected chi connectivity index (χ4v) is 1.69. The summed E-state index contributed by atoms with van der Waals surface area (Å²) >= 11 is 0. The summed E-state index contributed by atoms with van der Waals surface area (Å²) in [6.45, 7) is 9.78. The molecule has 1 rings (SSSR count). The molecular formula is C15H24O2. The molecule has 0 fully saturated rings. The number of benzene rings is 1. The van der Waals surface area contributed by atoms with Gasteiger partial charge < -0.3 is 9.47 Å². The van der Waals surface area contributed by atoms with Crippen LogP contribution in [0.3, 0.4) is 0 Å². The molecule has 0 saturated carbocycles. The normalized spacial score (nSPS) is 11.2. The molecule has 0 aliphatic carbocycles. The zero-order chi connectivity index (χ0) is 12.7. The van der Waals surface area contributed by atoms with Gasteiger partial charge in [0.15, 0.2) is 0 Å². The van der Waals surface area contributed by atoms with Gasteiger partial charge in [0.1, 0.15) is 12.4 Å². The van der Waals surface area contributed by atoms with E-state index < -0.39 is 0 Å². The number of ether oxygens (including phenoxy) is 2. The molecule has 2 heteroatoms. The summed E-state index contributed by atoms with van der Waals surface area (Å²) in [5.74, 6) is 1.64. The van der Waals surface area contributed by atoms with Gasteiger partial charge in [-0.05, 0) is 37.8 Å². The average molecular weight is 236 g/mol. The number of hydrogen-bond acceptors (Lipinski definition) is 2. The fraction of sp³-hybridized carbons (Fsp3) is 0.600. The van der Waals surface area contributed by atoms with Crippen molar-refractivity contribution in [2.24, 2.45) is 5.92 Å². The zero-order valence-corrected chi connectivity index (χ0v) is 11.4. The van der Waals surface area contributed by atoms with E-state index >= 15 is 0 Å². The first-order chi connectivity index (χ1) is 8.09. The molecule has 17 heavy (non-hydrogen) atoms. The van der Waals surface area contributed by atoms with Crippen molar-refractivity contribution in [1.29, 1.82) is 0 Å². The van der Waals surface area contributed by atoms with Crippen molar-refractivity contribution < 1.29 is 9.47 Å². The molecule has 0 heterocycles. The van der Waals surface area contributed by atoms with Gasteiger partial charge >= 0.3 is 0 Å². The van der Waals surface area contributed by atoms with Crippen molar-refractivity contribution in [3.05, 3.63) is 29.8 Å². The first-order valence-electron chi connectivity index (χ1n) is 6.42. The van der Waals surface area contributed by atoms with Gasteiger partial charge in [-0.2, -0.15) is 0 Å². The third kappa shape index (κ3) is 5.73. The van der Waals surface area contributed by atoms with E-state index in [1.807, 2.05) is 26.0 Å². The molecule has 0 atom stereocenters. The second kappa shape index (κ2) is 7.33. The van der Waals surface area contributed by atoms with Crippen LogP contribution in [0.4, 0.5) is 0 Å². The van der Waals surface area contributed by atoms with Crippen LogP contribution in [0, 0.1) is 5.92 Å². The Morgan fingerprint density at radius 2 is 1.71 bits per heavy atom. The number of hydrogen-bond donors (Lipinski definition) is 0. The quantitative estimate of drug-likeness (QED) is 0.672. The number of rotatable bonds is 7. The molecule has 96 valence electrons. The maximum absolute atomic E-state index is 5.76.